The molecule has 0 N–H and O–H groups in total. The Kier molecular flexibility index (Phi) is 4.47. The van der Waals surface area contributed by atoms with Crippen molar-refractivity contribution in [2.75, 3.05) is 0 Å². The van der Waals surface area contributed by atoms with Crippen LogP contribution in [0.1, 0.15) is 53.1 Å². The molecule has 0 aliphatic heterocycles. The van der Waals surface area contributed by atoms with Crippen molar-refractivity contribution in [1.82, 2.24) is 25.0 Å². The number of hydrogen-bond acceptors (Lipinski definition) is 5. The van der Waals surface area contributed by atoms with Crippen LogP contribution in [0.3, 0.4) is 0 Å². The molecule has 148 valence electrons. The molecule has 5 rings (SSSR count). The van der Waals surface area contributed by atoms with Crippen LogP contribution >= 0.6 is 0 Å². The SMILES string of the molecule is CC(=O)c1ccc(/C(C)=C\c2ncc3nnn(-c4ccc5c(c4)CCC5)c3n2)cc1. The Morgan fingerprint density at radius 1 is 1.00 bits per heavy atom. The summed E-state index contributed by atoms with van der Waals surface area (Å²) in [6.07, 6.45) is 7.11. The molecule has 0 saturated carbocycles. The molecule has 2 aromatic carbocycles. The topological polar surface area (TPSA) is 73.6 Å². The zero-order chi connectivity index (χ0) is 20.7. The van der Waals surface area contributed by atoms with Crippen LogP contribution in [0.2, 0.25) is 0 Å². The lowest BCUT2D eigenvalue weighted by atomic mass is 10.0. The van der Waals surface area contributed by atoms with Gasteiger partial charge in [0.1, 0.15) is 0 Å². The van der Waals surface area contributed by atoms with Crippen LogP contribution in [0.5, 0.6) is 0 Å². The monoisotopic (exact) mass is 395 g/mol. The fourth-order valence-corrected chi connectivity index (χ4v) is 3.92. The Labute approximate surface area is 174 Å². The van der Waals surface area contributed by atoms with Gasteiger partial charge in [0.25, 0.3) is 0 Å². The van der Waals surface area contributed by atoms with E-state index in [4.69, 9.17) is 4.98 Å². The van der Waals surface area contributed by atoms with Crippen molar-refractivity contribution >= 4 is 28.6 Å². The minimum absolute atomic E-state index is 0.0595. The van der Waals surface area contributed by atoms with Gasteiger partial charge in [-0.05, 0) is 73.6 Å². The molecular formula is C24H21N5O. The molecule has 1 aliphatic rings. The number of carbonyl (C=O) groups excluding carboxylic acids is 1. The smallest absolute Gasteiger partial charge is 0.187 e. The Balaban J connectivity index is 1.51. The molecule has 6 nitrogen and oxygen atoms in total. The summed E-state index contributed by atoms with van der Waals surface area (Å²) in [4.78, 5) is 20.6. The highest BCUT2D eigenvalue weighted by molar-refractivity contribution is 5.94. The van der Waals surface area contributed by atoms with Crippen LogP contribution in [0.4, 0.5) is 0 Å². The molecule has 4 aromatic rings. The Morgan fingerprint density at radius 3 is 2.57 bits per heavy atom. The maximum Gasteiger partial charge on any atom is 0.187 e. The Bertz CT molecular complexity index is 1300. The van der Waals surface area contributed by atoms with E-state index >= 15 is 0 Å². The number of benzene rings is 2. The van der Waals surface area contributed by atoms with Gasteiger partial charge >= 0.3 is 0 Å². The van der Waals surface area contributed by atoms with Gasteiger partial charge in [0.2, 0.25) is 0 Å². The van der Waals surface area contributed by atoms with Crippen molar-refractivity contribution in [3.8, 4) is 5.69 Å². The van der Waals surface area contributed by atoms with E-state index in [2.05, 4.69) is 33.5 Å². The maximum atomic E-state index is 11.5. The van der Waals surface area contributed by atoms with Crippen molar-refractivity contribution in [2.24, 2.45) is 0 Å². The highest BCUT2D eigenvalue weighted by atomic mass is 16.1. The molecule has 2 heterocycles. The number of allylic oxidation sites excluding steroid dienone is 1. The average molecular weight is 395 g/mol. The maximum absolute atomic E-state index is 11.5. The van der Waals surface area contributed by atoms with Crippen molar-refractivity contribution < 1.29 is 4.79 Å². The quantitative estimate of drug-likeness (QED) is 0.477. The van der Waals surface area contributed by atoms with Crippen molar-refractivity contribution in [1.29, 1.82) is 0 Å². The molecule has 0 unspecified atom stereocenters. The van der Waals surface area contributed by atoms with E-state index in [1.54, 1.807) is 17.8 Å². The van der Waals surface area contributed by atoms with Gasteiger partial charge in [-0.25, -0.2) is 9.97 Å². The lowest BCUT2D eigenvalue weighted by Gasteiger charge is -2.06. The highest BCUT2D eigenvalue weighted by Gasteiger charge is 2.14. The highest BCUT2D eigenvalue weighted by Crippen LogP contribution is 2.25. The van der Waals surface area contributed by atoms with Crippen LogP contribution in [0.15, 0.2) is 48.7 Å². The number of rotatable bonds is 4. The molecule has 6 heteroatoms. The van der Waals surface area contributed by atoms with Gasteiger partial charge in [0.15, 0.2) is 22.8 Å². The van der Waals surface area contributed by atoms with E-state index in [-0.39, 0.29) is 5.78 Å². The molecule has 0 fully saturated rings. The summed E-state index contributed by atoms with van der Waals surface area (Å²) in [5, 5.41) is 8.54. The second-order valence-corrected chi connectivity index (χ2v) is 7.71. The van der Waals surface area contributed by atoms with E-state index in [9.17, 15) is 4.79 Å². The number of hydrogen-bond donors (Lipinski definition) is 0. The van der Waals surface area contributed by atoms with Gasteiger partial charge in [0, 0.05) is 5.56 Å². The molecule has 0 radical (unpaired) electrons. The van der Waals surface area contributed by atoms with E-state index in [1.807, 2.05) is 37.3 Å². The standard InChI is InChI=1S/C24H21N5O/c1-15(17-6-8-18(9-7-17)16(2)30)12-23-25-14-22-24(26-23)29(28-27-22)21-11-10-19-4-3-5-20(19)13-21/h6-14H,3-5H2,1-2H3/b15-12-. The summed E-state index contributed by atoms with van der Waals surface area (Å²) in [5.74, 6) is 0.657. The molecule has 30 heavy (non-hydrogen) atoms. The summed E-state index contributed by atoms with van der Waals surface area (Å²) in [6.45, 7) is 3.57. The summed E-state index contributed by atoms with van der Waals surface area (Å²) >= 11 is 0. The molecule has 0 atom stereocenters. The predicted molar refractivity (Wildman–Crippen MR) is 116 cm³/mol. The van der Waals surface area contributed by atoms with Gasteiger partial charge in [-0.1, -0.05) is 35.5 Å². The first kappa shape index (κ1) is 18.4. The van der Waals surface area contributed by atoms with Crippen molar-refractivity contribution in [3.05, 3.63) is 76.7 Å². The first-order valence-corrected chi connectivity index (χ1v) is 10.1. The number of carbonyl (C=O) groups is 1. The number of aromatic nitrogens is 5. The third-order valence-electron chi connectivity index (χ3n) is 5.63. The molecule has 2 aromatic heterocycles. The number of aryl methyl sites for hydroxylation is 2. The number of nitrogens with zero attached hydrogens (tertiary/aromatic N) is 5. The van der Waals surface area contributed by atoms with Crippen molar-refractivity contribution in [3.63, 3.8) is 0 Å². The first-order valence-electron chi connectivity index (χ1n) is 10.1. The Hall–Kier alpha value is -3.67. The van der Waals surface area contributed by atoms with E-state index < -0.39 is 0 Å². The van der Waals surface area contributed by atoms with Crippen LogP contribution in [-0.4, -0.2) is 30.7 Å². The van der Waals surface area contributed by atoms with Gasteiger partial charge < -0.3 is 0 Å². The lowest BCUT2D eigenvalue weighted by Crippen LogP contribution is -2.00. The number of fused-ring (bicyclic) bond motifs is 2. The first-order chi connectivity index (χ1) is 14.6. The van der Waals surface area contributed by atoms with E-state index in [0.717, 1.165) is 29.7 Å². The second kappa shape index (κ2) is 7.30. The predicted octanol–water partition coefficient (Wildman–Crippen LogP) is 4.46. The minimum atomic E-state index is 0.0595. The molecule has 0 saturated heterocycles. The zero-order valence-electron chi connectivity index (χ0n) is 17.0. The number of Topliss-reactive ketones (excluding diaryl/α,β-unsaturated/α-hetero) is 1. The van der Waals surface area contributed by atoms with Gasteiger partial charge in [-0.2, -0.15) is 4.68 Å². The van der Waals surface area contributed by atoms with E-state index in [0.29, 0.717) is 22.6 Å². The fraction of sp³-hybridized carbons (Fsp3) is 0.208. The lowest BCUT2D eigenvalue weighted by molar-refractivity contribution is 0.101. The summed E-state index contributed by atoms with van der Waals surface area (Å²) in [7, 11) is 0. The average Bonchev–Trinajstić information content (AvgIpc) is 3.39. The summed E-state index contributed by atoms with van der Waals surface area (Å²) in [5.41, 5.74) is 7.87. The van der Waals surface area contributed by atoms with Gasteiger partial charge in [-0.3, -0.25) is 4.79 Å². The minimum Gasteiger partial charge on any atom is -0.295 e. The normalized spacial score (nSPS) is 13.6. The molecule has 0 amide bonds. The van der Waals surface area contributed by atoms with Crippen LogP contribution in [0, 0.1) is 0 Å². The van der Waals surface area contributed by atoms with Crippen LogP contribution < -0.4 is 0 Å². The van der Waals surface area contributed by atoms with Crippen LogP contribution in [-0.2, 0) is 12.8 Å². The number of ketones is 1. The summed E-state index contributed by atoms with van der Waals surface area (Å²) in [6, 6.07) is 14.0. The van der Waals surface area contributed by atoms with Gasteiger partial charge in [-0.15, -0.1) is 5.10 Å². The zero-order valence-corrected chi connectivity index (χ0v) is 17.0. The van der Waals surface area contributed by atoms with Crippen molar-refractivity contribution in [2.45, 2.75) is 33.1 Å². The largest absolute Gasteiger partial charge is 0.295 e. The van der Waals surface area contributed by atoms with E-state index in [1.165, 1.54) is 17.5 Å². The molecule has 1 aliphatic carbocycles. The Morgan fingerprint density at radius 2 is 1.77 bits per heavy atom. The fourth-order valence-electron chi connectivity index (χ4n) is 3.92. The molecule has 0 spiro atoms. The second-order valence-electron chi connectivity index (χ2n) is 7.71. The molecular weight excluding hydrogens is 374 g/mol. The third kappa shape index (κ3) is 3.30. The van der Waals surface area contributed by atoms with Gasteiger partial charge in [0.05, 0.1) is 11.9 Å². The third-order valence-corrected chi connectivity index (χ3v) is 5.63. The van der Waals surface area contributed by atoms with Crippen LogP contribution in [0.25, 0.3) is 28.5 Å². The summed E-state index contributed by atoms with van der Waals surface area (Å²) < 4.78 is 1.78. The molecule has 0 bridgehead atoms.